The van der Waals surface area contributed by atoms with Gasteiger partial charge in [0.2, 0.25) is 0 Å². The molecule has 1 heterocycles. The largest absolute Gasteiger partial charge is 0.248 e. The Labute approximate surface area is 103 Å². The van der Waals surface area contributed by atoms with Crippen LogP contribution in [0.3, 0.4) is 0 Å². The Morgan fingerprint density at radius 1 is 0.941 bits per heavy atom. The smallest absolute Gasteiger partial charge is 0.0709 e. The van der Waals surface area contributed by atoms with Gasteiger partial charge in [0, 0.05) is 5.56 Å². The van der Waals surface area contributed by atoms with Crippen LogP contribution in [0.4, 0.5) is 0 Å². The molecule has 0 saturated heterocycles. The minimum absolute atomic E-state index is 1.03. The summed E-state index contributed by atoms with van der Waals surface area (Å²) < 4.78 is 0. The van der Waals surface area contributed by atoms with E-state index in [2.05, 4.69) is 55.2 Å². The molecule has 1 nitrogen and oxygen atoms in total. The Morgan fingerprint density at radius 2 is 1.65 bits per heavy atom. The average Bonchev–Trinajstić information content (AvgIpc) is 2.33. The maximum absolute atomic E-state index is 4.68. The highest BCUT2D eigenvalue weighted by atomic mass is 14.7. The molecule has 17 heavy (non-hydrogen) atoms. The minimum atomic E-state index is 1.03. The summed E-state index contributed by atoms with van der Waals surface area (Å²) in [5.74, 6) is 0. The molecule has 0 aliphatic carbocycles. The van der Waals surface area contributed by atoms with Gasteiger partial charge >= 0.3 is 0 Å². The molecule has 0 radical (unpaired) electrons. The molecule has 86 valence electrons. The van der Waals surface area contributed by atoms with Gasteiger partial charge in [0.05, 0.1) is 11.4 Å². The third-order valence-corrected chi connectivity index (χ3v) is 2.81. The molecule has 0 aliphatic rings. The molecule has 0 bridgehead atoms. The van der Waals surface area contributed by atoms with Crippen molar-refractivity contribution >= 4 is 6.08 Å². The lowest BCUT2D eigenvalue weighted by Gasteiger charge is -2.05. The molecule has 1 heteroatoms. The van der Waals surface area contributed by atoms with Crippen molar-refractivity contribution in [3.05, 3.63) is 59.3 Å². The number of allylic oxidation sites excluding steroid dienone is 1. The third-order valence-electron chi connectivity index (χ3n) is 2.81. The van der Waals surface area contributed by atoms with Crippen LogP contribution in [-0.2, 0) is 0 Å². The first-order chi connectivity index (χ1) is 8.20. The van der Waals surface area contributed by atoms with Gasteiger partial charge in [-0.1, -0.05) is 42.0 Å². The lowest BCUT2D eigenvalue weighted by Crippen LogP contribution is -1.90. The van der Waals surface area contributed by atoms with Crippen LogP contribution in [-0.4, -0.2) is 4.98 Å². The topological polar surface area (TPSA) is 12.9 Å². The number of hydrogen-bond donors (Lipinski definition) is 0. The van der Waals surface area contributed by atoms with Crippen LogP contribution in [0.1, 0.15) is 23.7 Å². The molecule has 0 saturated carbocycles. The summed E-state index contributed by atoms with van der Waals surface area (Å²) in [4.78, 5) is 4.68. The highest BCUT2D eigenvalue weighted by Gasteiger charge is 2.01. The van der Waals surface area contributed by atoms with Crippen LogP contribution in [0.25, 0.3) is 17.3 Å². The van der Waals surface area contributed by atoms with Crippen LogP contribution >= 0.6 is 0 Å². The number of rotatable bonds is 2. The van der Waals surface area contributed by atoms with Crippen molar-refractivity contribution in [2.45, 2.75) is 20.8 Å². The molecule has 2 aromatic rings. The van der Waals surface area contributed by atoms with E-state index in [1.54, 1.807) is 0 Å². The highest BCUT2D eigenvalue weighted by molar-refractivity contribution is 5.62. The van der Waals surface area contributed by atoms with E-state index in [1.165, 1.54) is 16.7 Å². The fraction of sp³-hybridized carbons (Fsp3) is 0.188. The minimum Gasteiger partial charge on any atom is -0.248 e. The van der Waals surface area contributed by atoms with Crippen LogP contribution in [0, 0.1) is 13.8 Å². The highest BCUT2D eigenvalue weighted by Crippen LogP contribution is 2.20. The number of aromatic nitrogens is 1. The van der Waals surface area contributed by atoms with Crippen molar-refractivity contribution in [3.8, 4) is 11.3 Å². The molecule has 2 rings (SSSR count). The van der Waals surface area contributed by atoms with Gasteiger partial charge in [-0.25, -0.2) is 4.98 Å². The molecule has 0 unspecified atom stereocenters. The molecule has 0 fully saturated rings. The number of hydrogen-bond acceptors (Lipinski definition) is 1. The van der Waals surface area contributed by atoms with E-state index in [0.717, 1.165) is 11.4 Å². The molecule has 0 N–H and O–H groups in total. The van der Waals surface area contributed by atoms with Crippen molar-refractivity contribution in [3.63, 3.8) is 0 Å². The Bertz CT molecular complexity index is 536. The summed E-state index contributed by atoms with van der Waals surface area (Å²) in [6.45, 7) is 6.19. The SMILES string of the molecule is C/C=C\c1nc(-c2ccc(C)cc2)ccc1C. The number of aryl methyl sites for hydroxylation is 2. The van der Waals surface area contributed by atoms with E-state index in [-0.39, 0.29) is 0 Å². The van der Waals surface area contributed by atoms with Crippen molar-refractivity contribution < 1.29 is 0 Å². The maximum atomic E-state index is 4.68. The summed E-state index contributed by atoms with van der Waals surface area (Å²) in [5, 5.41) is 0. The van der Waals surface area contributed by atoms with Gasteiger partial charge in [-0.15, -0.1) is 0 Å². The maximum Gasteiger partial charge on any atom is 0.0709 e. The number of nitrogens with zero attached hydrogens (tertiary/aromatic N) is 1. The summed E-state index contributed by atoms with van der Waals surface area (Å²) in [6.07, 6.45) is 4.07. The third kappa shape index (κ3) is 2.62. The second-order valence-electron chi connectivity index (χ2n) is 4.26. The van der Waals surface area contributed by atoms with Crippen LogP contribution < -0.4 is 0 Å². The Morgan fingerprint density at radius 3 is 2.29 bits per heavy atom. The molecule has 0 amide bonds. The first-order valence-corrected chi connectivity index (χ1v) is 5.88. The quantitative estimate of drug-likeness (QED) is 0.735. The molecule has 1 aromatic carbocycles. The van der Waals surface area contributed by atoms with Gasteiger partial charge in [-0.3, -0.25) is 0 Å². The number of pyridine rings is 1. The molecular formula is C16H17N. The predicted octanol–water partition coefficient (Wildman–Crippen LogP) is 4.40. The zero-order chi connectivity index (χ0) is 12.3. The predicted molar refractivity (Wildman–Crippen MR) is 73.9 cm³/mol. The monoisotopic (exact) mass is 223 g/mol. The standard InChI is InChI=1S/C16H17N/c1-4-5-15-13(3)8-11-16(17-15)14-9-6-12(2)7-10-14/h4-11H,1-3H3/b5-4-. The molecule has 0 aliphatic heterocycles. The van der Waals surface area contributed by atoms with E-state index in [4.69, 9.17) is 0 Å². The Kier molecular flexibility index (Phi) is 3.38. The normalized spacial score (nSPS) is 11.0. The zero-order valence-electron chi connectivity index (χ0n) is 10.6. The van der Waals surface area contributed by atoms with Gasteiger partial charge in [0.1, 0.15) is 0 Å². The molecule has 1 aromatic heterocycles. The summed E-state index contributed by atoms with van der Waals surface area (Å²) in [5.41, 5.74) is 5.73. The van der Waals surface area contributed by atoms with Crippen LogP contribution in [0.15, 0.2) is 42.5 Å². The van der Waals surface area contributed by atoms with Crippen LogP contribution in [0.5, 0.6) is 0 Å². The van der Waals surface area contributed by atoms with Gasteiger partial charge < -0.3 is 0 Å². The van der Waals surface area contributed by atoms with E-state index in [9.17, 15) is 0 Å². The first kappa shape index (κ1) is 11.6. The molecular weight excluding hydrogens is 206 g/mol. The lowest BCUT2D eigenvalue weighted by molar-refractivity contribution is 1.24. The van der Waals surface area contributed by atoms with E-state index >= 15 is 0 Å². The van der Waals surface area contributed by atoms with Gasteiger partial charge in [-0.2, -0.15) is 0 Å². The van der Waals surface area contributed by atoms with Crippen molar-refractivity contribution in [1.82, 2.24) is 4.98 Å². The number of benzene rings is 1. The van der Waals surface area contributed by atoms with Crippen LogP contribution in [0.2, 0.25) is 0 Å². The average molecular weight is 223 g/mol. The lowest BCUT2D eigenvalue weighted by atomic mass is 10.1. The van der Waals surface area contributed by atoms with Crippen molar-refractivity contribution in [2.75, 3.05) is 0 Å². The fourth-order valence-corrected chi connectivity index (χ4v) is 1.76. The second kappa shape index (κ2) is 4.96. The van der Waals surface area contributed by atoms with Gasteiger partial charge in [-0.05, 0) is 38.5 Å². The Balaban J connectivity index is 2.46. The van der Waals surface area contributed by atoms with Gasteiger partial charge in [0.25, 0.3) is 0 Å². The van der Waals surface area contributed by atoms with E-state index in [1.807, 2.05) is 19.1 Å². The van der Waals surface area contributed by atoms with E-state index < -0.39 is 0 Å². The van der Waals surface area contributed by atoms with Gasteiger partial charge in [0.15, 0.2) is 0 Å². The van der Waals surface area contributed by atoms with Crippen molar-refractivity contribution in [2.24, 2.45) is 0 Å². The molecule has 0 spiro atoms. The first-order valence-electron chi connectivity index (χ1n) is 5.88. The molecule has 0 atom stereocenters. The second-order valence-corrected chi connectivity index (χ2v) is 4.26. The van der Waals surface area contributed by atoms with E-state index in [0.29, 0.717) is 0 Å². The van der Waals surface area contributed by atoms with Crippen molar-refractivity contribution in [1.29, 1.82) is 0 Å². The summed E-state index contributed by atoms with van der Waals surface area (Å²) >= 11 is 0. The summed E-state index contributed by atoms with van der Waals surface area (Å²) in [6, 6.07) is 12.7. The zero-order valence-corrected chi connectivity index (χ0v) is 10.6. The fourth-order valence-electron chi connectivity index (χ4n) is 1.76. The summed E-state index contributed by atoms with van der Waals surface area (Å²) in [7, 11) is 0. The Hall–Kier alpha value is -1.89.